The van der Waals surface area contributed by atoms with E-state index in [-0.39, 0.29) is 22.1 Å². The number of aromatic hydroxyl groups is 1. The molecule has 0 aliphatic heterocycles. The van der Waals surface area contributed by atoms with Crippen LogP contribution >= 0.6 is 0 Å². The molecule has 2 aromatic carbocycles. The summed E-state index contributed by atoms with van der Waals surface area (Å²) in [6.45, 7) is 3.55. The second kappa shape index (κ2) is 6.34. The Morgan fingerprint density at radius 3 is 2.65 bits per heavy atom. The van der Waals surface area contributed by atoms with Gasteiger partial charge in [0.15, 0.2) is 0 Å². The first-order valence-electron chi connectivity index (χ1n) is 7.81. The minimum atomic E-state index is -4.00. The van der Waals surface area contributed by atoms with Crippen molar-refractivity contribution in [3.05, 3.63) is 47.7 Å². The molecule has 3 aromatic rings. The lowest BCUT2D eigenvalue weighted by molar-refractivity contribution is 0.0997. The summed E-state index contributed by atoms with van der Waals surface area (Å²) in [6, 6.07) is 7.35. The van der Waals surface area contributed by atoms with Gasteiger partial charge < -0.3 is 10.8 Å². The molecule has 5 N–H and O–H groups in total. The summed E-state index contributed by atoms with van der Waals surface area (Å²) in [4.78, 5) is 11.4. The van der Waals surface area contributed by atoms with Crippen molar-refractivity contribution in [1.29, 1.82) is 0 Å². The summed E-state index contributed by atoms with van der Waals surface area (Å²) < 4.78 is 28.0. The topological polar surface area (TPSA) is 138 Å². The molecule has 1 amide bonds. The van der Waals surface area contributed by atoms with Gasteiger partial charge >= 0.3 is 0 Å². The van der Waals surface area contributed by atoms with E-state index >= 15 is 0 Å². The van der Waals surface area contributed by atoms with E-state index in [4.69, 9.17) is 5.73 Å². The molecule has 1 heterocycles. The number of nitrogens with two attached hydrogens (primary N) is 1. The Balaban J connectivity index is 2.06. The third-order valence-corrected chi connectivity index (χ3v) is 5.37. The number of amides is 1. The van der Waals surface area contributed by atoms with Gasteiger partial charge in [0.05, 0.1) is 27.9 Å². The van der Waals surface area contributed by atoms with E-state index in [0.717, 1.165) is 11.5 Å². The van der Waals surface area contributed by atoms with Crippen LogP contribution in [0.15, 0.2) is 41.4 Å². The number of fused-ring (bicyclic) bond motifs is 1. The minimum Gasteiger partial charge on any atom is -0.507 e. The molecule has 8 nitrogen and oxygen atoms in total. The van der Waals surface area contributed by atoms with Crippen LogP contribution < -0.4 is 10.5 Å². The highest BCUT2D eigenvalue weighted by atomic mass is 32.2. The molecule has 0 unspecified atom stereocenters. The zero-order chi connectivity index (χ0) is 19.1. The van der Waals surface area contributed by atoms with Gasteiger partial charge in [0.25, 0.3) is 15.9 Å². The number of rotatable bonds is 5. The Hall–Kier alpha value is -3.07. The Kier molecular flexibility index (Phi) is 4.33. The highest BCUT2D eigenvalue weighted by Crippen LogP contribution is 2.32. The summed E-state index contributed by atoms with van der Waals surface area (Å²) in [5.74, 6) is -1.41. The average Bonchev–Trinajstić information content (AvgIpc) is 3.01. The van der Waals surface area contributed by atoms with Crippen molar-refractivity contribution in [3.8, 4) is 5.75 Å². The molecule has 0 fully saturated rings. The fourth-order valence-corrected chi connectivity index (χ4v) is 3.74. The number of hydrogen-bond acceptors (Lipinski definition) is 5. The van der Waals surface area contributed by atoms with Crippen molar-refractivity contribution < 1.29 is 18.3 Å². The molecule has 0 saturated carbocycles. The number of primary amides is 1. The van der Waals surface area contributed by atoms with Crippen molar-refractivity contribution in [3.63, 3.8) is 0 Å². The number of anilines is 1. The zero-order valence-electron chi connectivity index (χ0n) is 14.1. The maximum Gasteiger partial charge on any atom is 0.261 e. The number of H-pyrrole nitrogens is 1. The lowest BCUT2D eigenvalue weighted by Crippen LogP contribution is -2.17. The van der Waals surface area contributed by atoms with E-state index in [2.05, 4.69) is 14.9 Å². The van der Waals surface area contributed by atoms with Gasteiger partial charge in [-0.1, -0.05) is 13.8 Å². The second-order valence-electron chi connectivity index (χ2n) is 6.21. The van der Waals surface area contributed by atoms with Crippen LogP contribution in [0.1, 0.15) is 35.7 Å². The van der Waals surface area contributed by atoms with E-state index in [1.54, 1.807) is 38.2 Å². The van der Waals surface area contributed by atoms with E-state index in [9.17, 15) is 18.3 Å². The maximum atomic E-state index is 12.8. The number of aromatic nitrogens is 2. The van der Waals surface area contributed by atoms with Gasteiger partial charge in [0, 0.05) is 5.39 Å². The van der Waals surface area contributed by atoms with Gasteiger partial charge in [-0.2, -0.15) is 5.10 Å². The smallest absolute Gasteiger partial charge is 0.261 e. The van der Waals surface area contributed by atoms with Crippen molar-refractivity contribution in [2.75, 3.05) is 4.72 Å². The van der Waals surface area contributed by atoms with Gasteiger partial charge in [-0.3, -0.25) is 14.6 Å². The maximum absolute atomic E-state index is 12.8. The molecular formula is C17H18N4O4S. The van der Waals surface area contributed by atoms with Crippen LogP contribution in [-0.4, -0.2) is 29.6 Å². The van der Waals surface area contributed by atoms with Crippen molar-refractivity contribution in [1.82, 2.24) is 10.2 Å². The highest BCUT2D eigenvalue weighted by Gasteiger charge is 2.23. The fraction of sp³-hybridized carbons (Fsp3) is 0.176. The summed E-state index contributed by atoms with van der Waals surface area (Å²) >= 11 is 0. The van der Waals surface area contributed by atoms with Crippen LogP contribution in [0.5, 0.6) is 5.75 Å². The number of phenols is 1. The zero-order valence-corrected chi connectivity index (χ0v) is 15.0. The SMILES string of the molecule is CC(C)c1cc(S(=O)(=O)Nc2ccc3cn[nH]c3c2)cc(C(N)=O)c1O. The number of nitrogens with one attached hydrogen (secondary N) is 2. The first-order chi connectivity index (χ1) is 12.2. The molecule has 0 bridgehead atoms. The number of hydrogen-bond donors (Lipinski definition) is 4. The summed E-state index contributed by atoms with van der Waals surface area (Å²) in [5, 5.41) is 17.7. The van der Waals surface area contributed by atoms with E-state index in [0.29, 0.717) is 16.8 Å². The molecule has 9 heteroatoms. The van der Waals surface area contributed by atoms with Gasteiger partial charge in [0.1, 0.15) is 5.75 Å². The number of carbonyl (C=O) groups excluding carboxylic acids is 1. The Morgan fingerprint density at radius 1 is 1.27 bits per heavy atom. The van der Waals surface area contributed by atoms with Crippen LogP contribution in [0.2, 0.25) is 0 Å². The molecule has 136 valence electrons. The molecule has 0 radical (unpaired) electrons. The lowest BCUT2D eigenvalue weighted by Gasteiger charge is -2.15. The third-order valence-electron chi connectivity index (χ3n) is 4.00. The minimum absolute atomic E-state index is 0.155. The average molecular weight is 374 g/mol. The van der Waals surface area contributed by atoms with Gasteiger partial charge in [-0.05, 0) is 41.8 Å². The standard InChI is InChI=1S/C17H18N4O4S/c1-9(2)13-6-12(7-14(16(13)22)17(18)23)26(24,25)21-11-4-3-10-8-19-20-15(10)5-11/h3-9,21-22H,1-2H3,(H2,18,23)(H,19,20). The van der Waals surface area contributed by atoms with E-state index in [1.807, 2.05) is 0 Å². The number of aromatic amines is 1. The Bertz CT molecular complexity index is 1100. The fourth-order valence-electron chi connectivity index (χ4n) is 2.63. The second-order valence-corrected chi connectivity index (χ2v) is 7.89. The molecule has 1 aromatic heterocycles. The van der Waals surface area contributed by atoms with Crippen LogP contribution in [-0.2, 0) is 10.0 Å². The molecule has 26 heavy (non-hydrogen) atoms. The van der Waals surface area contributed by atoms with Gasteiger partial charge in [-0.25, -0.2) is 8.42 Å². The number of carbonyl (C=O) groups is 1. The number of benzene rings is 2. The Labute approximate surface area is 150 Å². The normalized spacial score (nSPS) is 11.8. The van der Waals surface area contributed by atoms with Crippen LogP contribution in [0.4, 0.5) is 5.69 Å². The molecule has 0 saturated heterocycles. The largest absolute Gasteiger partial charge is 0.507 e. The molecule has 0 aliphatic carbocycles. The summed E-state index contributed by atoms with van der Waals surface area (Å²) in [6.07, 6.45) is 1.63. The predicted octanol–water partition coefficient (Wildman–Crippen LogP) is 2.29. The van der Waals surface area contributed by atoms with E-state index in [1.165, 1.54) is 6.07 Å². The van der Waals surface area contributed by atoms with Gasteiger partial charge in [-0.15, -0.1) is 0 Å². The van der Waals surface area contributed by atoms with Crippen LogP contribution in [0.25, 0.3) is 10.9 Å². The Morgan fingerprint density at radius 2 is 2.00 bits per heavy atom. The molecule has 0 atom stereocenters. The molecule has 3 rings (SSSR count). The summed E-state index contributed by atoms with van der Waals surface area (Å²) in [5.41, 5.74) is 6.37. The van der Waals surface area contributed by atoms with Crippen molar-refractivity contribution >= 4 is 32.5 Å². The van der Waals surface area contributed by atoms with Crippen molar-refractivity contribution in [2.45, 2.75) is 24.7 Å². The van der Waals surface area contributed by atoms with Gasteiger partial charge in [0.2, 0.25) is 0 Å². The third kappa shape index (κ3) is 3.21. The molecular weight excluding hydrogens is 356 g/mol. The molecule has 0 spiro atoms. The van der Waals surface area contributed by atoms with E-state index < -0.39 is 15.9 Å². The number of nitrogens with zero attached hydrogens (tertiary/aromatic N) is 1. The quantitative estimate of drug-likeness (QED) is 0.543. The molecule has 0 aliphatic rings. The number of sulfonamides is 1. The first kappa shape index (κ1) is 17.7. The monoisotopic (exact) mass is 374 g/mol. The lowest BCUT2D eigenvalue weighted by atomic mass is 9.99. The van der Waals surface area contributed by atoms with Crippen LogP contribution in [0.3, 0.4) is 0 Å². The van der Waals surface area contributed by atoms with Crippen molar-refractivity contribution in [2.24, 2.45) is 5.73 Å². The predicted molar refractivity (Wildman–Crippen MR) is 97.6 cm³/mol. The highest BCUT2D eigenvalue weighted by molar-refractivity contribution is 7.92. The summed E-state index contributed by atoms with van der Waals surface area (Å²) in [7, 11) is -4.00. The first-order valence-corrected chi connectivity index (χ1v) is 9.30. The van der Waals surface area contributed by atoms with Crippen LogP contribution in [0, 0.1) is 0 Å².